The molecule has 0 spiro atoms. The molecular formula is C30H26N2O7. The average Bonchev–Trinajstić information content (AvgIpc) is 3.32. The summed E-state index contributed by atoms with van der Waals surface area (Å²) in [6, 6.07) is 15.9. The highest BCUT2D eigenvalue weighted by atomic mass is 16.5. The number of fused-ring (bicyclic) bond motifs is 4. The Hall–Kier alpha value is -4.63. The molecule has 0 radical (unpaired) electrons. The summed E-state index contributed by atoms with van der Waals surface area (Å²) in [5.41, 5.74) is 2.62. The van der Waals surface area contributed by atoms with Gasteiger partial charge in [0.25, 0.3) is 0 Å². The highest BCUT2D eigenvalue weighted by Crippen LogP contribution is 2.34. The number of methoxy groups -OCH3 is 1. The molecule has 0 bridgehead atoms. The fourth-order valence-electron chi connectivity index (χ4n) is 5.39. The van der Waals surface area contributed by atoms with E-state index in [1.165, 1.54) is 18.9 Å². The second-order valence-electron chi connectivity index (χ2n) is 9.69. The van der Waals surface area contributed by atoms with Crippen molar-refractivity contribution in [2.75, 3.05) is 13.7 Å². The summed E-state index contributed by atoms with van der Waals surface area (Å²) in [5, 5.41) is 12.2. The Labute approximate surface area is 222 Å². The molecule has 0 unspecified atom stereocenters. The van der Waals surface area contributed by atoms with E-state index in [9.17, 15) is 19.5 Å². The first-order valence-corrected chi connectivity index (χ1v) is 12.7. The molecule has 198 valence electrons. The van der Waals surface area contributed by atoms with E-state index in [1.807, 2.05) is 18.2 Å². The molecular weight excluding hydrogens is 500 g/mol. The molecule has 0 saturated carbocycles. The Kier molecular flexibility index (Phi) is 6.28. The molecule has 39 heavy (non-hydrogen) atoms. The van der Waals surface area contributed by atoms with Crippen molar-refractivity contribution in [2.24, 2.45) is 0 Å². The van der Waals surface area contributed by atoms with Crippen molar-refractivity contribution < 1.29 is 23.5 Å². The predicted octanol–water partition coefficient (Wildman–Crippen LogP) is 4.19. The predicted molar refractivity (Wildman–Crippen MR) is 144 cm³/mol. The minimum atomic E-state index is -1.06. The zero-order valence-electron chi connectivity index (χ0n) is 21.2. The Morgan fingerprint density at radius 2 is 1.90 bits per heavy atom. The van der Waals surface area contributed by atoms with Crippen LogP contribution in [0.4, 0.5) is 0 Å². The number of H-pyrrole nitrogens is 1. The maximum Gasteiger partial charge on any atom is 0.227 e. The van der Waals surface area contributed by atoms with Crippen LogP contribution in [-0.4, -0.2) is 34.6 Å². The van der Waals surface area contributed by atoms with E-state index < -0.39 is 17.1 Å². The third kappa shape index (κ3) is 4.40. The lowest BCUT2D eigenvalue weighted by atomic mass is 9.91. The minimum absolute atomic E-state index is 0.0230. The van der Waals surface area contributed by atoms with E-state index in [-0.39, 0.29) is 41.4 Å². The molecule has 1 atom stereocenters. The molecule has 0 fully saturated rings. The van der Waals surface area contributed by atoms with Crippen LogP contribution in [0.25, 0.3) is 21.9 Å². The van der Waals surface area contributed by atoms with Gasteiger partial charge in [-0.3, -0.25) is 14.4 Å². The van der Waals surface area contributed by atoms with Crippen LogP contribution in [0.3, 0.4) is 0 Å². The number of benzene rings is 2. The monoisotopic (exact) mass is 526 g/mol. The van der Waals surface area contributed by atoms with Crippen LogP contribution >= 0.6 is 0 Å². The van der Waals surface area contributed by atoms with Gasteiger partial charge in [0.1, 0.15) is 18.0 Å². The van der Waals surface area contributed by atoms with Crippen LogP contribution in [0.1, 0.15) is 40.7 Å². The van der Waals surface area contributed by atoms with Gasteiger partial charge in [-0.05, 0) is 30.2 Å². The molecule has 6 rings (SSSR count). The van der Waals surface area contributed by atoms with Gasteiger partial charge in [0.05, 0.1) is 24.1 Å². The molecule has 9 nitrogen and oxygen atoms in total. The topological polar surface area (TPSA) is 126 Å². The van der Waals surface area contributed by atoms with Gasteiger partial charge in [-0.2, -0.15) is 0 Å². The quantitative estimate of drug-likeness (QED) is 0.340. The number of amides is 1. The zero-order valence-corrected chi connectivity index (χ0v) is 21.2. The number of hydrogen-bond acceptors (Lipinski definition) is 7. The van der Waals surface area contributed by atoms with E-state index in [0.29, 0.717) is 30.5 Å². The molecule has 0 saturated heterocycles. The van der Waals surface area contributed by atoms with Crippen molar-refractivity contribution in [1.82, 2.24) is 9.88 Å². The lowest BCUT2D eigenvalue weighted by molar-refractivity contribution is -0.132. The second-order valence-corrected chi connectivity index (χ2v) is 9.69. The molecule has 4 heterocycles. The zero-order chi connectivity index (χ0) is 27.1. The molecule has 1 aliphatic rings. The van der Waals surface area contributed by atoms with Crippen molar-refractivity contribution in [1.29, 1.82) is 0 Å². The van der Waals surface area contributed by atoms with Gasteiger partial charge in [0.15, 0.2) is 11.2 Å². The number of nitrogens with one attached hydrogen (secondary N) is 1. The van der Waals surface area contributed by atoms with Gasteiger partial charge >= 0.3 is 0 Å². The summed E-state index contributed by atoms with van der Waals surface area (Å²) in [6.07, 6.45) is 1.74. The highest BCUT2D eigenvalue weighted by Gasteiger charge is 2.32. The van der Waals surface area contributed by atoms with Crippen molar-refractivity contribution in [3.63, 3.8) is 0 Å². The third-order valence-corrected chi connectivity index (χ3v) is 7.30. The summed E-state index contributed by atoms with van der Waals surface area (Å²) in [7, 11) is 1.44. The van der Waals surface area contributed by atoms with E-state index in [1.54, 1.807) is 29.2 Å². The van der Waals surface area contributed by atoms with Crippen LogP contribution in [0.15, 0.2) is 79.3 Å². The number of nitrogens with zero attached hydrogens (tertiary/aromatic N) is 1. The normalized spacial score (nSPS) is 14.0. The molecule has 9 heteroatoms. The summed E-state index contributed by atoms with van der Waals surface area (Å²) in [5.74, 6) is -1.98. The second kappa shape index (κ2) is 9.92. The smallest absolute Gasteiger partial charge is 0.227 e. The Morgan fingerprint density at radius 1 is 1.13 bits per heavy atom. The summed E-state index contributed by atoms with van der Waals surface area (Å²) in [6.45, 7) is 0.846. The fraction of sp³-hybridized carbons (Fsp3) is 0.233. The maximum atomic E-state index is 13.7. The lowest BCUT2D eigenvalue weighted by Crippen LogP contribution is -2.37. The van der Waals surface area contributed by atoms with Crippen LogP contribution < -0.4 is 10.9 Å². The average molecular weight is 527 g/mol. The van der Waals surface area contributed by atoms with E-state index in [0.717, 1.165) is 22.7 Å². The third-order valence-electron chi connectivity index (χ3n) is 7.30. The summed E-state index contributed by atoms with van der Waals surface area (Å²) >= 11 is 0. The molecule has 2 N–H and O–H groups in total. The number of rotatable bonds is 6. The highest BCUT2D eigenvalue weighted by molar-refractivity contribution is 5.86. The Balaban J connectivity index is 1.40. The SMILES string of the molecule is COCc1cc(=O)c(O)c([C@H](CC(=O)N2CCc3c([nH]c4ccccc34)C2)c2coc3ccccc3c2=O)o1. The number of aromatic amines is 1. The van der Waals surface area contributed by atoms with E-state index >= 15 is 0 Å². The Bertz CT molecular complexity index is 1830. The van der Waals surface area contributed by atoms with Gasteiger partial charge in [0.2, 0.25) is 17.1 Å². The minimum Gasteiger partial charge on any atom is -0.502 e. The van der Waals surface area contributed by atoms with Crippen molar-refractivity contribution >= 4 is 27.8 Å². The van der Waals surface area contributed by atoms with Crippen molar-refractivity contribution in [3.8, 4) is 5.75 Å². The molecule has 2 aromatic carbocycles. The standard InChI is InChI=1S/C30H26N2O7/c1-37-15-17-12-25(33)29(36)30(39-17)21(22-16-38-26-9-5-3-7-20(26)28(22)35)13-27(34)32-11-10-19-18-6-2-4-8-23(18)31-24(19)14-32/h2-9,12,16,21,31,36H,10-11,13-15H2,1H3/t21-/m1/s1. The summed E-state index contributed by atoms with van der Waals surface area (Å²) < 4.78 is 16.7. The first-order chi connectivity index (χ1) is 18.9. The van der Waals surface area contributed by atoms with Gasteiger partial charge < -0.3 is 28.6 Å². The van der Waals surface area contributed by atoms with Crippen molar-refractivity contribution in [3.05, 3.63) is 110 Å². The number of hydrogen-bond donors (Lipinski definition) is 2. The number of aromatic hydroxyl groups is 1. The summed E-state index contributed by atoms with van der Waals surface area (Å²) in [4.78, 5) is 45.0. The number of ether oxygens (including phenoxy) is 1. The molecule has 1 amide bonds. The van der Waals surface area contributed by atoms with Crippen molar-refractivity contribution in [2.45, 2.75) is 31.9 Å². The maximum absolute atomic E-state index is 13.7. The largest absolute Gasteiger partial charge is 0.502 e. The number of carbonyl (C=O) groups is 1. The van der Waals surface area contributed by atoms with Crippen LogP contribution in [0.2, 0.25) is 0 Å². The van der Waals surface area contributed by atoms with Gasteiger partial charge in [-0.25, -0.2) is 0 Å². The molecule has 5 aromatic rings. The van der Waals surface area contributed by atoms with E-state index in [4.69, 9.17) is 13.6 Å². The molecule has 1 aliphatic heterocycles. The van der Waals surface area contributed by atoms with Crippen LogP contribution in [0.5, 0.6) is 5.75 Å². The molecule has 3 aromatic heterocycles. The number of carbonyl (C=O) groups excluding carboxylic acids is 1. The number of aromatic nitrogens is 1. The lowest BCUT2D eigenvalue weighted by Gasteiger charge is -2.28. The van der Waals surface area contributed by atoms with E-state index in [2.05, 4.69) is 11.1 Å². The number of para-hydroxylation sites is 2. The van der Waals surface area contributed by atoms with Crippen LogP contribution in [0, 0.1) is 0 Å². The first kappa shape index (κ1) is 24.7. The Morgan fingerprint density at radius 3 is 2.72 bits per heavy atom. The molecule has 0 aliphatic carbocycles. The van der Waals surface area contributed by atoms with Gasteiger partial charge in [-0.15, -0.1) is 0 Å². The fourth-order valence-corrected chi connectivity index (χ4v) is 5.39. The van der Waals surface area contributed by atoms with Gasteiger partial charge in [-0.1, -0.05) is 30.3 Å². The van der Waals surface area contributed by atoms with Gasteiger partial charge in [0, 0.05) is 48.3 Å². The van der Waals surface area contributed by atoms with Crippen LogP contribution in [-0.2, 0) is 29.1 Å². The first-order valence-electron chi connectivity index (χ1n) is 12.7.